The van der Waals surface area contributed by atoms with Crippen LogP contribution in [-0.2, 0) is 9.59 Å². The van der Waals surface area contributed by atoms with Crippen LogP contribution < -0.4 is 10.6 Å². The number of carbonyl (C=O) groups excluding carboxylic acids is 2. The minimum atomic E-state index is -0.298. The van der Waals surface area contributed by atoms with Gasteiger partial charge in [0.25, 0.3) is 0 Å². The standard InChI is InChI=1S/C9H14N2O2S/c1-5-6(2-3-14-5)10-7-4-8(12)11-9(7)13/h5-7,10H,2-4H2,1H3,(H,11,12,13). The zero-order valence-corrected chi connectivity index (χ0v) is 8.89. The summed E-state index contributed by atoms with van der Waals surface area (Å²) in [7, 11) is 0. The van der Waals surface area contributed by atoms with Gasteiger partial charge in [-0.2, -0.15) is 11.8 Å². The lowest BCUT2D eigenvalue weighted by molar-refractivity contribution is -0.125. The normalized spacial score (nSPS) is 37.6. The first-order chi connectivity index (χ1) is 6.66. The first-order valence-corrected chi connectivity index (χ1v) is 5.93. The monoisotopic (exact) mass is 214 g/mol. The summed E-state index contributed by atoms with van der Waals surface area (Å²) in [5.74, 6) is 0.811. The van der Waals surface area contributed by atoms with Crippen LogP contribution >= 0.6 is 11.8 Å². The summed E-state index contributed by atoms with van der Waals surface area (Å²) in [6.07, 6.45) is 1.39. The molecule has 0 saturated carbocycles. The summed E-state index contributed by atoms with van der Waals surface area (Å²) in [6.45, 7) is 2.16. The van der Waals surface area contributed by atoms with Crippen LogP contribution in [0.5, 0.6) is 0 Å². The van der Waals surface area contributed by atoms with Crippen LogP contribution in [0.4, 0.5) is 0 Å². The first kappa shape index (κ1) is 9.98. The Morgan fingerprint density at radius 1 is 1.50 bits per heavy atom. The van der Waals surface area contributed by atoms with Crippen molar-refractivity contribution < 1.29 is 9.59 Å². The molecule has 4 nitrogen and oxygen atoms in total. The predicted molar refractivity (Wildman–Crippen MR) is 55.0 cm³/mol. The van der Waals surface area contributed by atoms with Gasteiger partial charge in [-0.25, -0.2) is 0 Å². The van der Waals surface area contributed by atoms with Crippen LogP contribution in [0.2, 0.25) is 0 Å². The van der Waals surface area contributed by atoms with Crippen LogP contribution in [-0.4, -0.2) is 34.9 Å². The third-order valence-corrected chi connectivity index (χ3v) is 4.09. The summed E-state index contributed by atoms with van der Waals surface area (Å²) >= 11 is 1.91. The number of hydrogen-bond acceptors (Lipinski definition) is 4. The molecule has 2 aliphatic rings. The van der Waals surface area contributed by atoms with E-state index in [0.29, 0.717) is 17.7 Å². The Balaban J connectivity index is 1.91. The second kappa shape index (κ2) is 3.90. The molecule has 2 rings (SSSR count). The highest BCUT2D eigenvalue weighted by atomic mass is 32.2. The summed E-state index contributed by atoms with van der Waals surface area (Å²) in [5, 5.41) is 6.10. The number of carbonyl (C=O) groups is 2. The molecule has 0 radical (unpaired) electrons. The Kier molecular flexibility index (Phi) is 2.78. The first-order valence-electron chi connectivity index (χ1n) is 4.88. The molecule has 5 heteroatoms. The van der Waals surface area contributed by atoms with Gasteiger partial charge in [-0.3, -0.25) is 14.9 Å². The van der Waals surface area contributed by atoms with E-state index in [-0.39, 0.29) is 17.9 Å². The molecule has 0 bridgehead atoms. The predicted octanol–water partition coefficient (Wildman–Crippen LogP) is -0.115. The Bertz CT molecular complexity index is 270. The lowest BCUT2D eigenvalue weighted by Gasteiger charge is -2.19. The smallest absolute Gasteiger partial charge is 0.244 e. The van der Waals surface area contributed by atoms with Crippen molar-refractivity contribution >= 4 is 23.6 Å². The fourth-order valence-electron chi connectivity index (χ4n) is 1.90. The molecular weight excluding hydrogens is 200 g/mol. The van der Waals surface area contributed by atoms with Crippen molar-refractivity contribution in [1.29, 1.82) is 0 Å². The van der Waals surface area contributed by atoms with Gasteiger partial charge in [0.1, 0.15) is 0 Å². The van der Waals surface area contributed by atoms with E-state index in [4.69, 9.17) is 0 Å². The topological polar surface area (TPSA) is 58.2 Å². The van der Waals surface area contributed by atoms with Gasteiger partial charge in [-0.05, 0) is 12.2 Å². The van der Waals surface area contributed by atoms with Gasteiger partial charge in [-0.1, -0.05) is 6.92 Å². The van der Waals surface area contributed by atoms with Crippen LogP contribution in [0.25, 0.3) is 0 Å². The van der Waals surface area contributed by atoms with E-state index in [2.05, 4.69) is 17.6 Å². The summed E-state index contributed by atoms with van der Waals surface area (Å²) in [4.78, 5) is 22.2. The molecule has 3 atom stereocenters. The zero-order chi connectivity index (χ0) is 10.1. The SMILES string of the molecule is CC1SCCC1NC1CC(=O)NC1=O. The quantitative estimate of drug-likeness (QED) is 0.629. The highest BCUT2D eigenvalue weighted by Crippen LogP contribution is 2.26. The second-order valence-corrected chi connectivity index (χ2v) is 5.29. The molecule has 2 fully saturated rings. The van der Waals surface area contributed by atoms with Crippen molar-refractivity contribution in [2.75, 3.05) is 5.75 Å². The number of hydrogen-bond donors (Lipinski definition) is 2. The molecule has 0 aromatic heterocycles. The minimum Gasteiger partial charge on any atom is -0.301 e. The molecule has 2 saturated heterocycles. The Hall–Kier alpha value is -0.550. The molecule has 2 amide bonds. The molecule has 0 spiro atoms. The number of imide groups is 1. The largest absolute Gasteiger partial charge is 0.301 e. The molecule has 2 aliphatic heterocycles. The van der Waals surface area contributed by atoms with Crippen LogP contribution in [0.3, 0.4) is 0 Å². The van der Waals surface area contributed by atoms with Gasteiger partial charge in [0.05, 0.1) is 12.5 Å². The minimum absolute atomic E-state index is 0.161. The van der Waals surface area contributed by atoms with E-state index in [0.717, 1.165) is 12.2 Å². The molecule has 78 valence electrons. The molecular formula is C9H14N2O2S. The van der Waals surface area contributed by atoms with E-state index >= 15 is 0 Å². The van der Waals surface area contributed by atoms with Gasteiger partial charge in [-0.15, -0.1) is 0 Å². The maximum atomic E-state index is 11.3. The van der Waals surface area contributed by atoms with Crippen molar-refractivity contribution in [3.63, 3.8) is 0 Å². The fraction of sp³-hybridized carbons (Fsp3) is 0.778. The molecule has 2 heterocycles. The van der Waals surface area contributed by atoms with Crippen molar-refractivity contribution in [3.8, 4) is 0 Å². The van der Waals surface area contributed by atoms with Gasteiger partial charge < -0.3 is 5.32 Å². The maximum absolute atomic E-state index is 11.3. The number of nitrogens with one attached hydrogen (secondary N) is 2. The zero-order valence-electron chi connectivity index (χ0n) is 8.08. The Morgan fingerprint density at radius 2 is 2.29 bits per heavy atom. The average molecular weight is 214 g/mol. The van der Waals surface area contributed by atoms with Crippen molar-refractivity contribution in [2.45, 2.75) is 37.1 Å². The Labute approximate surface area is 87.2 Å². The molecule has 0 aromatic carbocycles. The van der Waals surface area contributed by atoms with Crippen LogP contribution in [0, 0.1) is 0 Å². The molecule has 14 heavy (non-hydrogen) atoms. The van der Waals surface area contributed by atoms with E-state index in [9.17, 15) is 9.59 Å². The fourth-order valence-corrected chi connectivity index (χ4v) is 3.11. The van der Waals surface area contributed by atoms with Crippen molar-refractivity contribution in [1.82, 2.24) is 10.6 Å². The van der Waals surface area contributed by atoms with Crippen LogP contribution in [0.1, 0.15) is 19.8 Å². The maximum Gasteiger partial charge on any atom is 0.244 e. The van der Waals surface area contributed by atoms with Crippen LogP contribution in [0.15, 0.2) is 0 Å². The number of thioether (sulfide) groups is 1. The van der Waals surface area contributed by atoms with Gasteiger partial charge in [0.2, 0.25) is 11.8 Å². The highest BCUT2D eigenvalue weighted by Gasteiger charge is 2.34. The summed E-state index contributed by atoms with van der Waals surface area (Å²) < 4.78 is 0. The third kappa shape index (κ3) is 1.93. The lowest BCUT2D eigenvalue weighted by atomic mass is 10.1. The van der Waals surface area contributed by atoms with E-state index < -0.39 is 0 Å². The summed E-state index contributed by atoms with van der Waals surface area (Å²) in [5.41, 5.74) is 0. The molecule has 3 unspecified atom stereocenters. The summed E-state index contributed by atoms with van der Waals surface area (Å²) in [6, 6.07) is 0.0790. The molecule has 0 aliphatic carbocycles. The van der Waals surface area contributed by atoms with E-state index in [1.165, 1.54) is 0 Å². The number of amides is 2. The van der Waals surface area contributed by atoms with Gasteiger partial charge in [0.15, 0.2) is 0 Å². The van der Waals surface area contributed by atoms with E-state index in [1.54, 1.807) is 0 Å². The van der Waals surface area contributed by atoms with E-state index in [1.807, 2.05) is 11.8 Å². The van der Waals surface area contributed by atoms with Crippen molar-refractivity contribution in [3.05, 3.63) is 0 Å². The average Bonchev–Trinajstić information content (AvgIpc) is 2.62. The lowest BCUT2D eigenvalue weighted by Crippen LogP contribution is -2.44. The van der Waals surface area contributed by atoms with Crippen molar-refractivity contribution in [2.24, 2.45) is 0 Å². The molecule has 2 N–H and O–H groups in total. The molecule has 0 aromatic rings. The second-order valence-electron chi connectivity index (χ2n) is 3.81. The third-order valence-electron chi connectivity index (χ3n) is 2.76. The van der Waals surface area contributed by atoms with Gasteiger partial charge in [0, 0.05) is 11.3 Å². The van der Waals surface area contributed by atoms with Gasteiger partial charge >= 0.3 is 0 Å². The Morgan fingerprint density at radius 3 is 2.79 bits per heavy atom. The highest BCUT2D eigenvalue weighted by molar-refractivity contribution is 8.00. The number of rotatable bonds is 2.